The Morgan fingerprint density at radius 2 is 1.80 bits per heavy atom. The van der Waals surface area contributed by atoms with E-state index in [4.69, 9.17) is 23.2 Å². The second kappa shape index (κ2) is 4.65. The highest BCUT2D eigenvalue weighted by atomic mass is 35.5. The maximum absolute atomic E-state index is 5.90. The average Bonchev–Trinajstić information content (AvgIpc) is 2.30. The van der Waals surface area contributed by atoms with Gasteiger partial charge in [-0.15, -0.1) is 23.2 Å². The van der Waals surface area contributed by atoms with Gasteiger partial charge < -0.3 is 0 Å². The number of rotatable bonds is 2. The first-order valence-corrected chi connectivity index (χ1v) is 5.44. The predicted octanol–water partition coefficient (Wildman–Crippen LogP) is 4.22. The number of alkyl halides is 2. The van der Waals surface area contributed by atoms with Crippen molar-refractivity contribution in [2.45, 2.75) is 4.84 Å². The molecule has 15 heavy (non-hydrogen) atoms. The zero-order valence-electron chi connectivity index (χ0n) is 7.90. The first-order chi connectivity index (χ1) is 7.29. The van der Waals surface area contributed by atoms with E-state index in [1.165, 1.54) is 0 Å². The lowest BCUT2D eigenvalue weighted by Crippen LogP contribution is -1.88. The van der Waals surface area contributed by atoms with Crippen molar-refractivity contribution in [1.29, 1.82) is 0 Å². The molecule has 0 bridgehead atoms. The van der Waals surface area contributed by atoms with Gasteiger partial charge in [-0.05, 0) is 17.2 Å². The van der Waals surface area contributed by atoms with E-state index in [-0.39, 0.29) is 0 Å². The molecule has 1 aromatic carbocycles. The van der Waals surface area contributed by atoms with Crippen LogP contribution in [0.2, 0.25) is 0 Å². The Hall–Kier alpha value is -1.05. The summed E-state index contributed by atoms with van der Waals surface area (Å²) in [6, 6.07) is 11.7. The molecule has 0 aliphatic heterocycles. The van der Waals surface area contributed by atoms with Crippen molar-refractivity contribution in [3.63, 3.8) is 0 Å². The molecule has 0 N–H and O–H groups in total. The molecule has 1 heterocycles. The highest BCUT2D eigenvalue weighted by Gasteiger charge is 2.09. The normalized spacial score (nSPS) is 10.6. The first kappa shape index (κ1) is 10.5. The van der Waals surface area contributed by atoms with Gasteiger partial charge in [0.15, 0.2) is 0 Å². The van der Waals surface area contributed by atoms with Crippen LogP contribution in [0.1, 0.15) is 10.4 Å². The molecular formula is C12H9Cl2N. The molecule has 76 valence electrons. The minimum absolute atomic E-state index is 0.513. The summed E-state index contributed by atoms with van der Waals surface area (Å²) in [6.45, 7) is 0. The van der Waals surface area contributed by atoms with Gasteiger partial charge >= 0.3 is 0 Å². The van der Waals surface area contributed by atoms with Crippen LogP contribution in [0, 0.1) is 0 Å². The summed E-state index contributed by atoms with van der Waals surface area (Å²) in [7, 11) is 0. The van der Waals surface area contributed by atoms with E-state index in [1.54, 1.807) is 12.4 Å². The summed E-state index contributed by atoms with van der Waals surface area (Å²) in [6.07, 6.45) is 3.54. The van der Waals surface area contributed by atoms with Gasteiger partial charge in [0.2, 0.25) is 0 Å². The highest BCUT2D eigenvalue weighted by Crippen LogP contribution is 2.33. The van der Waals surface area contributed by atoms with Crippen molar-refractivity contribution in [3.8, 4) is 11.1 Å². The largest absolute Gasteiger partial charge is 0.264 e. The monoisotopic (exact) mass is 237 g/mol. The number of hydrogen-bond acceptors (Lipinski definition) is 1. The molecule has 0 saturated carbocycles. The van der Waals surface area contributed by atoms with Gasteiger partial charge in [0.25, 0.3) is 0 Å². The minimum atomic E-state index is -0.513. The van der Waals surface area contributed by atoms with Gasteiger partial charge in [-0.3, -0.25) is 4.98 Å². The third-order valence-electron chi connectivity index (χ3n) is 2.17. The van der Waals surface area contributed by atoms with Crippen molar-refractivity contribution in [2.24, 2.45) is 0 Å². The lowest BCUT2D eigenvalue weighted by atomic mass is 10.0. The summed E-state index contributed by atoms with van der Waals surface area (Å²) in [5.74, 6) is 0. The predicted molar refractivity (Wildman–Crippen MR) is 64.1 cm³/mol. The number of pyridine rings is 1. The maximum Gasteiger partial charge on any atom is 0.133 e. The first-order valence-electron chi connectivity index (χ1n) is 4.56. The van der Waals surface area contributed by atoms with Crippen LogP contribution in [0.15, 0.2) is 48.8 Å². The van der Waals surface area contributed by atoms with Crippen LogP contribution in [0.3, 0.4) is 0 Å². The number of halogens is 2. The molecule has 1 nitrogen and oxygen atoms in total. The molecule has 0 spiro atoms. The van der Waals surface area contributed by atoms with Crippen LogP contribution in [0.5, 0.6) is 0 Å². The SMILES string of the molecule is ClC(Cl)c1ccccc1-c1cccnc1. The van der Waals surface area contributed by atoms with Crippen LogP contribution in [0.4, 0.5) is 0 Å². The van der Waals surface area contributed by atoms with Crippen LogP contribution in [-0.4, -0.2) is 4.98 Å². The van der Waals surface area contributed by atoms with Crippen LogP contribution in [0.25, 0.3) is 11.1 Å². The van der Waals surface area contributed by atoms with E-state index in [1.807, 2.05) is 36.4 Å². The number of hydrogen-bond donors (Lipinski definition) is 0. The quantitative estimate of drug-likeness (QED) is 0.713. The third-order valence-corrected chi connectivity index (χ3v) is 2.64. The van der Waals surface area contributed by atoms with Gasteiger partial charge in [-0.25, -0.2) is 0 Å². The van der Waals surface area contributed by atoms with Crippen LogP contribution >= 0.6 is 23.2 Å². The maximum atomic E-state index is 5.90. The standard InChI is InChI=1S/C12H9Cl2N/c13-12(14)11-6-2-1-5-10(11)9-4-3-7-15-8-9/h1-8,12H. The van der Waals surface area contributed by atoms with Crippen molar-refractivity contribution in [2.75, 3.05) is 0 Å². The van der Waals surface area contributed by atoms with Gasteiger partial charge in [0, 0.05) is 18.0 Å². The topological polar surface area (TPSA) is 12.9 Å². The second-order valence-corrected chi connectivity index (χ2v) is 4.23. The molecule has 3 heteroatoms. The summed E-state index contributed by atoms with van der Waals surface area (Å²) < 4.78 is 0. The Morgan fingerprint density at radius 3 is 2.47 bits per heavy atom. The van der Waals surface area contributed by atoms with Crippen molar-refractivity contribution in [3.05, 3.63) is 54.4 Å². The molecule has 0 fully saturated rings. The Balaban J connectivity index is 2.53. The third kappa shape index (κ3) is 2.31. The highest BCUT2D eigenvalue weighted by molar-refractivity contribution is 6.44. The lowest BCUT2D eigenvalue weighted by molar-refractivity contribution is 1.30. The van der Waals surface area contributed by atoms with E-state index in [9.17, 15) is 0 Å². The van der Waals surface area contributed by atoms with E-state index in [0.717, 1.165) is 16.7 Å². The smallest absolute Gasteiger partial charge is 0.133 e. The molecule has 0 radical (unpaired) electrons. The number of aromatic nitrogens is 1. The van der Waals surface area contributed by atoms with Crippen molar-refractivity contribution < 1.29 is 0 Å². The molecule has 0 amide bonds. The van der Waals surface area contributed by atoms with Crippen LogP contribution in [-0.2, 0) is 0 Å². The molecule has 0 unspecified atom stereocenters. The molecule has 0 atom stereocenters. The molecule has 2 rings (SSSR count). The van der Waals surface area contributed by atoms with Gasteiger partial charge in [-0.2, -0.15) is 0 Å². The van der Waals surface area contributed by atoms with Crippen LogP contribution < -0.4 is 0 Å². The Labute approximate surface area is 98.7 Å². The zero-order valence-corrected chi connectivity index (χ0v) is 9.41. The van der Waals surface area contributed by atoms with Gasteiger partial charge in [0.05, 0.1) is 0 Å². The number of nitrogens with zero attached hydrogens (tertiary/aromatic N) is 1. The lowest BCUT2D eigenvalue weighted by Gasteiger charge is -2.09. The fourth-order valence-corrected chi connectivity index (χ4v) is 1.85. The summed E-state index contributed by atoms with van der Waals surface area (Å²) in [4.78, 5) is 3.56. The number of benzene rings is 1. The molecular weight excluding hydrogens is 229 g/mol. The zero-order chi connectivity index (χ0) is 10.7. The van der Waals surface area contributed by atoms with Crippen molar-refractivity contribution in [1.82, 2.24) is 4.98 Å². The fraction of sp³-hybridized carbons (Fsp3) is 0.0833. The van der Waals surface area contributed by atoms with Crippen molar-refractivity contribution >= 4 is 23.2 Å². The molecule has 0 aliphatic rings. The second-order valence-electron chi connectivity index (χ2n) is 3.13. The minimum Gasteiger partial charge on any atom is -0.264 e. The molecule has 0 saturated heterocycles. The summed E-state index contributed by atoms with van der Waals surface area (Å²) >= 11 is 11.8. The Bertz CT molecular complexity index is 440. The van der Waals surface area contributed by atoms with Gasteiger partial charge in [-0.1, -0.05) is 30.3 Å². The molecule has 2 aromatic rings. The summed E-state index contributed by atoms with van der Waals surface area (Å²) in [5, 5.41) is 0. The van der Waals surface area contributed by atoms with E-state index in [2.05, 4.69) is 4.98 Å². The van der Waals surface area contributed by atoms with E-state index < -0.39 is 4.84 Å². The molecule has 1 aromatic heterocycles. The molecule has 0 aliphatic carbocycles. The van der Waals surface area contributed by atoms with Gasteiger partial charge in [0.1, 0.15) is 4.84 Å². The Kier molecular flexibility index (Phi) is 3.24. The fourth-order valence-electron chi connectivity index (χ4n) is 1.47. The average molecular weight is 238 g/mol. The summed E-state index contributed by atoms with van der Waals surface area (Å²) in [5.41, 5.74) is 2.97. The van der Waals surface area contributed by atoms with E-state index >= 15 is 0 Å². The Morgan fingerprint density at radius 1 is 1.00 bits per heavy atom. The van der Waals surface area contributed by atoms with E-state index in [0.29, 0.717) is 0 Å².